The van der Waals surface area contributed by atoms with Crippen LogP contribution in [0.5, 0.6) is 5.75 Å². The Balaban J connectivity index is 1.33. The summed E-state index contributed by atoms with van der Waals surface area (Å²) in [4.78, 5) is 82.0. The van der Waals surface area contributed by atoms with E-state index in [1.807, 2.05) is 12.1 Å². The third kappa shape index (κ3) is 12.6. The van der Waals surface area contributed by atoms with Gasteiger partial charge in [0.2, 0.25) is 23.6 Å². The Bertz CT molecular complexity index is 2200. The number of benzene rings is 3. The predicted octanol–water partition coefficient (Wildman–Crippen LogP) is 4.28. The minimum atomic E-state index is -1.43. The molecule has 4 bridgehead atoms. The van der Waals surface area contributed by atoms with Crippen LogP contribution in [0.4, 0.5) is 0 Å². The maximum absolute atomic E-state index is 14.5. The van der Waals surface area contributed by atoms with Crippen molar-refractivity contribution < 1.29 is 44.1 Å². The third-order valence-corrected chi connectivity index (χ3v) is 11.4. The number of aromatic hydroxyl groups is 1. The second-order valence-electron chi connectivity index (χ2n) is 16.5. The number of rotatable bonds is 16. The molecule has 5 amide bonds. The third-order valence-electron chi connectivity index (χ3n) is 11.4. The van der Waals surface area contributed by atoms with Gasteiger partial charge in [0.15, 0.2) is 0 Å². The van der Waals surface area contributed by atoms with Crippen LogP contribution in [-0.4, -0.2) is 99.6 Å². The number of aliphatic carboxylic acids is 1. The zero-order valence-corrected chi connectivity index (χ0v) is 36.4. The van der Waals surface area contributed by atoms with Crippen LogP contribution in [0.1, 0.15) is 105 Å². The molecule has 0 aromatic heterocycles. The molecule has 0 saturated carbocycles. The number of nitrogens with one attached hydrogen (secondary N) is 4. The number of carbonyl (C=O) groups excluding carboxylic acids is 5. The standard InChI is InChI=1S/C48H60N6O9/c1-5-6-9-30-11-14-32(15-12-30)33-16-18-34(19-17-33)45(59)50-28(2)24-42(57)52-38(10-7-8-23-49)47(61)54(4)43-35-20-22-41(56)37(27-35)36-25-31(13-21-40(36)55)26-39(48(62)63)53-44(58)29(3)51-46(43)60/h11-20,22,25,27-29,38-40,43,55-56H,5-10,21,23-24,26,49H2,1-4H3,(H,50,59)(H,51,60)(H,52,57)(H,53,58)(H,62,63)/t28-,29-,38-,39-,40?,43-/m0/s1. The lowest BCUT2D eigenvalue weighted by Crippen LogP contribution is -2.54. The van der Waals surface area contributed by atoms with Crippen molar-refractivity contribution >= 4 is 41.1 Å². The molecule has 0 radical (unpaired) electrons. The fourth-order valence-corrected chi connectivity index (χ4v) is 7.81. The molecule has 15 heteroatoms. The molecule has 1 heterocycles. The van der Waals surface area contributed by atoms with E-state index in [4.69, 9.17) is 5.73 Å². The first-order chi connectivity index (χ1) is 30.1. The lowest BCUT2D eigenvalue weighted by atomic mass is 9.87. The SMILES string of the molecule is CCCCc1ccc(-c2ccc(C(=O)N[C@@H](C)CC(=O)N[C@@H](CCCCN)C(=O)N(C)[C@@H]3C(=O)N[C@@H](C)C(=O)N[C@H](C(=O)O)CC4=CCC(O)C(=C4)c4cc3ccc4O)cc2)cc1. The van der Waals surface area contributed by atoms with E-state index < -0.39 is 65.9 Å². The lowest BCUT2D eigenvalue weighted by molar-refractivity contribution is -0.144. The summed E-state index contributed by atoms with van der Waals surface area (Å²) in [5.41, 5.74) is 10.6. The highest BCUT2D eigenvalue weighted by Crippen LogP contribution is 2.36. The minimum Gasteiger partial charge on any atom is -0.507 e. The van der Waals surface area contributed by atoms with Gasteiger partial charge in [0.05, 0.1) is 6.10 Å². The summed E-state index contributed by atoms with van der Waals surface area (Å²) in [6, 6.07) is 14.0. The van der Waals surface area contributed by atoms with Gasteiger partial charge in [0.25, 0.3) is 5.91 Å². The van der Waals surface area contributed by atoms with Gasteiger partial charge in [0.1, 0.15) is 29.9 Å². The van der Waals surface area contributed by atoms with Gasteiger partial charge in [-0.25, -0.2) is 4.79 Å². The van der Waals surface area contributed by atoms with Gasteiger partial charge in [-0.1, -0.05) is 68.0 Å². The second kappa shape index (κ2) is 22.2. The number of hydrogen-bond donors (Lipinski definition) is 8. The number of hydrogen-bond acceptors (Lipinski definition) is 9. The average molecular weight is 865 g/mol. The minimum absolute atomic E-state index is 0.0953. The van der Waals surface area contributed by atoms with Crippen LogP contribution in [0.3, 0.4) is 0 Å². The van der Waals surface area contributed by atoms with Gasteiger partial charge in [-0.2, -0.15) is 0 Å². The molecule has 2 aliphatic rings. The van der Waals surface area contributed by atoms with Crippen molar-refractivity contribution in [1.82, 2.24) is 26.2 Å². The second-order valence-corrected chi connectivity index (χ2v) is 16.5. The van der Waals surface area contributed by atoms with Gasteiger partial charge < -0.3 is 47.2 Å². The van der Waals surface area contributed by atoms with E-state index in [1.165, 1.54) is 37.7 Å². The van der Waals surface area contributed by atoms with Gasteiger partial charge >= 0.3 is 5.97 Å². The van der Waals surface area contributed by atoms with Crippen LogP contribution in [0.25, 0.3) is 16.7 Å². The molecule has 0 saturated heterocycles. The fraction of sp³-hybridized carbons (Fsp3) is 0.417. The van der Waals surface area contributed by atoms with Crippen molar-refractivity contribution in [2.24, 2.45) is 5.73 Å². The molecule has 3 aromatic carbocycles. The number of allylic oxidation sites excluding steroid dienone is 1. The Morgan fingerprint density at radius 1 is 0.921 bits per heavy atom. The number of aliphatic hydroxyl groups excluding tert-OH is 1. The summed E-state index contributed by atoms with van der Waals surface area (Å²) in [5, 5.41) is 42.7. The molecule has 6 atom stereocenters. The van der Waals surface area contributed by atoms with Crippen molar-refractivity contribution in [2.75, 3.05) is 13.6 Å². The lowest BCUT2D eigenvalue weighted by Gasteiger charge is -2.33. The number of nitrogens with two attached hydrogens (primary N) is 1. The number of carboxylic acid groups (broad SMARTS) is 1. The highest BCUT2D eigenvalue weighted by atomic mass is 16.4. The maximum Gasteiger partial charge on any atom is 0.326 e. The summed E-state index contributed by atoms with van der Waals surface area (Å²) < 4.78 is 0. The first-order valence-electron chi connectivity index (χ1n) is 21.6. The number of unbranched alkanes of at least 4 members (excludes halogenated alkanes) is 2. The van der Waals surface area contributed by atoms with Crippen LogP contribution in [0, 0.1) is 0 Å². The van der Waals surface area contributed by atoms with E-state index in [-0.39, 0.29) is 54.0 Å². The smallest absolute Gasteiger partial charge is 0.326 e. The summed E-state index contributed by atoms with van der Waals surface area (Å²) in [6.45, 7) is 5.56. The number of amides is 5. The summed E-state index contributed by atoms with van der Waals surface area (Å²) in [7, 11) is 1.38. The number of nitrogens with zero attached hydrogens (tertiary/aromatic N) is 1. The van der Waals surface area contributed by atoms with Crippen molar-refractivity contribution in [3.8, 4) is 16.9 Å². The quantitative estimate of drug-likeness (QED) is 0.0952. The monoisotopic (exact) mass is 864 g/mol. The summed E-state index contributed by atoms with van der Waals surface area (Å²) in [6.07, 6.45) is 6.38. The number of carboxylic acids is 1. The molecule has 0 spiro atoms. The van der Waals surface area contributed by atoms with E-state index in [9.17, 15) is 44.1 Å². The molecule has 0 fully saturated rings. The Kier molecular flexibility index (Phi) is 16.8. The number of phenols is 1. The number of phenolic OH excluding ortho intramolecular Hbond substituents is 1. The molecular weight excluding hydrogens is 805 g/mol. The van der Waals surface area contributed by atoms with Crippen LogP contribution in [0.2, 0.25) is 0 Å². The molecule has 1 aliphatic heterocycles. The molecule has 15 nitrogen and oxygen atoms in total. The Labute approximate surface area is 368 Å². The number of aryl methyl sites for hydroxylation is 1. The normalized spacial score (nSPS) is 19.8. The Morgan fingerprint density at radius 3 is 2.25 bits per heavy atom. The van der Waals surface area contributed by atoms with Crippen LogP contribution >= 0.6 is 0 Å². The highest BCUT2D eigenvalue weighted by Gasteiger charge is 2.36. The largest absolute Gasteiger partial charge is 0.507 e. The van der Waals surface area contributed by atoms with Gasteiger partial charge in [0, 0.05) is 37.1 Å². The van der Waals surface area contributed by atoms with Crippen molar-refractivity contribution in [3.05, 3.63) is 107 Å². The van der Waals surface area contributed by atoms with Crippen molar-refractivity contribution in [1.29, 1.82) is 0 Å². The summed E-state index contributed by atoms with van der Waals surface area (Å²) in [5.74, 6) is -4.66. The fourth-order valence-electron chi connectivity index (χ4n) is 7.81. The molecular formula is C48H60N6O9. The first kappa shape index (κ1) is 47.7. The number of fused-ring (bicyclic) bond motifs is 4. The highest BCUT2D eigenvalue weighted by molar-refractivity contribution is 5.97. The van der Waals surface area contributed by atoms with E-state index in [1.54, 1.807) is 31.2 Å². The molecule has 1 unspecified atom stereocenters. The summed E-state index contributed by atoms with van der Waals surface area (Å²) >= 11 is 0. The van der Waals surface area contributed by atoms with E-state index in [0.717, 1.165) is 35.3 Å². The average Bonchev–Trinajstić information content (AvgIpc) is 3.25. The number of likely N-dealkylation sites (N-methyl/N-ethyl adjacent to an activating group) is 1. The maximum atomic E-state index is 14.5. The first-order valence-corrected chi connectivity index (χ1v) is 21.6. The van der Waals surface area contributed by atoms with Crippen molar-refractivity contribution in [3.63, 3.8) is 0 Å². The molecule has 336 valence electrons. The predicted molar refractivity (Wildman–Crippen MR) is 239 cm³/mol. The zero-order valence-electron chi connectivity index (χ0n) is 36.4. The zero-order chi connectivity index (χ0) is 45.8. The topological polar surface area (TPSA) is 240 Å². The molecule has 5 rings (SSSR count). The van der Waals surface area contributed by atoms with Crippen LogP contribution < -0.4 is 27.0 Å². The molecule has 3 aromatic rings. The van der Waals surface area contributed by atoms with E-state index >= 15 is 0 Å². The van der Waals surface area contributed by atoms with Crippen molar-refractivity contribution in [2.45, 2.75) is 115 Å². The van der Waals surface area contributed by atoms with E-state index in [2.05, 4.69) is 52.5 Å². The molecule has 9 N–H and O–H groups in total. The molecule has 63 heavy (non-hydrogen) atoms. The van der Waals surface area contributed by atoms with Crippen LogP contribution in [-0.2, 0) is 30.4 Å². The van der Waals surface area contributed by atoms with Gasteiger partial charge in [-0.3, -0.25) is 24.0 Å². The Hall–Kier alpha value is -6.32. The van der Waals surface area contributed by atoms with E-state index in [0.29, 0.717) is 30.5 Å². The molecule has 1 aliphatic carbocycles. The van der Waals surface area contributed by atoms with Crippen LogP contribution in [0.15, 0.2) is 84.5 Å². The van der Waals surface area contributed by atoms with Gasteiger partial charge in [-0.05, 0) is 117 Å². The Morgan fingerprint density at radius 2 is 1.60 bits per heavy atom. The number of aliphatic hydroxyl groups is 1. The van der Waals surface area contributed by atoms with Gasteiger partial charge in [-0.15, -0.1) is 0 Å². The number of carbonyl (C=O) groups is 6.